The Kier molecular flexibility index (Phi) is 5.74. The minimum Gasteiger partial charge on any atom is -0.497 e. The number of anilines is 1. The van der Waals surface area contributed by atoms with E-state index >= 15 is 0 Å². The molecule has 0 aliphatic carbocycles. The Morgan fingerprint density at radius 3 is 2.61 bits per heavy atom. The van der Waals surface area contributed by atoms with Crippen LogP contribution >= 0.6 is 11.3 Å². The number of hydrogen-bond acceptors (Lipinski definition) is 11. The number of carbonyl (C=O) groups excluding carboxylic acids is 1. The molecular weight excluding hydrogens is 480 g/mol. The normalized spacial score (nSPS) is 22.0. The third-order valence-corrected chi connectivity index (χ3v) is 7.68. The molecule has 1 atom stereocenters. The third-order valence-electron chi connectivity index (χ3n) is 6.90. The Labute approximate surface area is 213 Å². The van der Waals surface area contributed by atoms with Crippen molar-refractivity contribution >= 4 is 40.9 Å². The number of nitrogens with two attached hydrogens (primary N) is 1. The number of carbonyl (C=O) groups is 1. The maximum atomic E-state index is 13.2. The van der Waals surface area contributed by atoms with Crippen molar-refractivity contribution in [3.05, 3.63) is 46.5 Å². The Morgan fingerprint density at radius 1 is 1.14 bits per heavy atom. The van der Waals surface area contributed by atoms with Crippen LogP contribution in [0.4, 0.5) is 10.5 Å². The van der Waals surface area contributed by atoms with Crippen molar-refractivity contribution in [2.75, 3.05) is 58.3 Å². The highest BCUT2D eigenvalue weighted by Crippen LogP contribution is 2.38. The Hall–Kier alpha value is -3.68. The lowest BCUT2D eigenvalue weighted by atomic mass is 10.2. The van der Waals surface area contributed by atoms with Gasteiger partial charge in [0.15, 0.2) is 5.84 Å². The first kappa shape index (κ1) is 22.8. The first-order valence-corrected chi connectivity index (χ1v) is 12.7. The molecule has 0 saturated carbocycles. The molecule has 4 aliphatic rings. The Balaban J connectivity index is 1.13. The maximum absolute atomic E-state index is 13.2. The largest absolute Gasteiger partial charge is 0.497 e. The number of fused-ring (bicyclic) bond motifs is 3. The molecule has 36 heavy (non-hydrogen) atoms. The number of nitrogens with zero attached hydrogens (tertiary/aromatic N) is 9. The highest BCUT2D eigenvalue weighted by molar-refractivity contribution is 7.10. The standard InChI is InChI=1S/C23H28N10O2S/c1-28-23(34)31(13-10-29-8-11-30(12-9-29)16-3-5-17(35-2)6-4-16)22-27-20-19(33(22)28)18(26-15-32(20)24)21-25-7-14-36-21/h3-7,14-15,22H,8-13,24H2,1-2H3. The average Bonchev–Trinajstić information content (AvgIpc) is 3.63. The summed E-state index contributed by atoms with van der Waals surface area (Å²) in [6.07, 6.45) is 2.78. The average molecular weight is 509 g/mol. The summed E-state index contributed by atoms with van der Waals surface area (Å²) in [5, 5.41) is 7.53. The van der Waals surface area contributed by atoms with Crippen LogP contribution in [-0.4, -0.2) is 108 Å². The number of urea groups is 1. The molecule has 2 fully saturated rings. The predicted octanol–water partition coefficient (Wildman–Crippen LogP) is 1.14. The number of hydrogen-bond donors (Lipinski definition) is 1. The molecule has 2 N–H and O–H groups in total. The lowest BCUT2D eigenvalue weighted by Crippen LogP contribution is -2.49. The van der Waals surface area contributed by atoms with Crippen LogP contribution in [0.1, 0.15) is 5.01 Å². The Morgan fingerprint density at radius 2 is 1.92 bits per heavy atom. The number of benzene rings is 1. The molecule has 12 nitrogen and oxygen atoms in total. The zero-order chi connectivity index (χ0) is 24.8. The lowest BCUT2D eigenvalue weighted by molar-refractivity contribution is 0.0842. The van der Waals surface area contributed by atoms with Crippen LogP contribution < -0.4 is 15.5 Å². The molecule has 4 aliphatic heterocycles. The second-order valence-electron chi connectivity index (χ2n) is 8.86. The van der Waals surface area contributed by atoms with Crippen LogP contribution in [0.2, 0.25) is 0 Å². The monoisotopic (exact) mass is 508 g/mol. The number of aromatic nitrogens is 1. The number of thiazole rings is 1. The fourth-order valence-corrected chi connectivity index (χ4v) is 5.58. The molecule has 0 spiro atoms. The van der Waals surface area contributed by atoms with Crippen molar-refractivity contribution in [3.63, 3.8) is 0 Å². The van der Waals surface area contributed by atoms with E-state index < -0.39 is 6.29 Å². The molecule has 1 aromatic heterocycles. The molecule has 13 heteroatoms. The summed E-state index contributed by atoms with van der Waals surface area (Å²) in [5.74, 6) is 7.61. The van der Waals surface area contributed by atoms with Gasteiger partial charge in [0, 0.05) is 63.6 Å². The number of amidine groups is 1. The van der Waals surface area contributed by atoms with Crippen LogP contribution in [0.15, 0.2) is 51.5 Å². The molecule has 6 rings (SSSR count). The zero-order valence-corrected chi connectivity index (χ0v) is 21.0. The first-order chi connectivity index (χ1) is 17.5. The quantitative estimate of drug-likeness (QED) is 0.579. The van der Waals surface area contributed by atoms with E-state index in [1.54, 1.807) is 30.3 Å². The second-order valence-corrected chi connectivity index (χ2v) is 9.75. The van der Waals surface area contributed by atoms with E-state index in [1.165, 1.54) is 28.4 Å². The topological polar surface area (TPSA) is 109 Å². The predicted molar refractivity (Wildman–Crippen MR) is 138 cm³/mol. The van der Waals surface area contributed by atoms with Gasteiger partial charge < -0.3 is 9.64 Å². The van der Waals surface area contributed by atoms with E-state index in [0.717, 1.165) is 43.5 Å². The number of rotatable bonds is 6. The van der Waals surface area contributed by atoms with E-state index in [-0.39, 0.29) is 6.03 Å². The molecule has 1 aromatic carbocycles. The SMILES string of the molecule is COc1ccc(N2CCN(CCN3C(=O)N(C)N4C5=C(c6nccs6)N=CN(N)C5=NC34)CC2)cc1. The minimum atomic E-state index is -0.490. The summed E-state index contributed by atoms with van der Waals surface area (Å²) in [4.78, 5) is 33.5. The molecule has 2 aromatic rings. The van der Waals surface area contributed by atoms with Crippen LogP contribution in [0, 0.1) is 0 Å². The van der Waals surface area contributed by atoms with E-state index in [2.05, 4.69) is 31.9 Å². The first-order valence-electron chi connectivity index (χ1n) is 11.8. The van der Waals surface area contributed by atoms with Gasteiger partial charge in [-0.3, -0.25) is 9.80 Å². The number of ether oxygens (including phenoxy) is 1. The van der Waals surface area contributed by atoms with Crippen molar-refractivity contribution in [2.45, 2.75) is 6.29 Å². The summed E-state index contributed by atoms with van der Waals surface area (Å²) in [6.45, 7) is 5.05. The second kappa shape index (κ2) is 9.08. The summed E-state index contributed by atoms with van der Waals surface area (Å²) in [7, 11) is 3.44. The fraction of sp³-hybridized carbons (Fsp3) is 0.391. The molecule has 2 amide bonds. The van der Waals surface area contributed by atoms with Gasteiger partial charge in [-0.15, -0.1) is 11.3 Å². The third kappa shape index (κ3) is 3.75. The van der Waals surface area contributed by atoms with Crippen LogP contribution in [0.3, 0.4) is 0 Å². The van der Waals surface area contributed by atoms with Crippen LogP contribution in [-0.2, 0) is 0 Å². The molecular formula is C23H28N10O2S. The van der Waals surface area contributed by atoms with Crippen molar-refractivity contribution in [1.29, 1.82) is 0 Å². The Bertz CT molecular complexity index is 1220. The zero-order valence-electron chi connectivity index (χ0n) is 20.2. The van der Waals surface area contributed by atoms with Gasteiger partial charge in [-0.2, -0.15) is 0 Å². The number of hydrazine groups is 2. The van der Waals surface area contributed by atoms with E-state index in [9.17, 15) is 4.79 Å². The molecule has 5 heterocycles. The van der Waals surface area contributed by atoms with Gasteiger partial charge >= 0.3 is 6.03 Å². The van der Waals surface area contributed by atoms with Gasteiger partial charge in [-0.1, -0.05) is 0 Å². The van der Waals surface area contributed by atoms with Crippen molar-refractivity contribution in [1.82, 2.24) is 29.8 Å². The molecule has 0 bridgehead atoms. The van der Waals surface area contributed by atoms with Gasteiger partial charge in [0.2, 0.25) is 6.29 Å². The highest BCUT2D eigenvalue weighted by atomic mass is 32.1. The molecule has 0 radical (unpaired) electrons. The van der Waals surface area contributed by atoms with Gasteiger partial charge in [-0.05, 0) is 24.3 Å². The van der Waals surface area contributed by atoms with Gasteiger partial charge in [0.05, 0.1) is 7.11 Å². The van der Waals surface area contributed by atoms with Crippen molar-refractivity contribution in [2.24, 2.45) is 15.8 Å². The summed E-state index contributed by atoms with van der Waals surface area (Å²) in [6, 6.07) is 8.09. The highest BCUT2D eigenvalue weighted by Gasteiger charge is 2.51. The smallest absolute Gasteiger partial charge is 0.341 e. The number of aliphatic imine (C=N–C) groups is 2. The van der Waals surface area contributed by atoms with Gasteiger partial charge in [-0.25, -0.2) is 40.6 Å². The van der Waals surface area contributed by atoms with Crippen LogP contribution in [0.5, 0.6) is 5.75 Å². The summed E-state index contributed by atoms with van der Waals surface area (Å²) < 4.78 is 5.26. The van der Waals surface area contributed by atoms with Gasteiger partial charge in [0.1, 0.15) is 28.5 Å². The molecule has 1 unspecified atom stereocenters. The van der Waals surface area contributed by atoms with E-state index in [0.29, 0.717) is 23.8 Å². The number of amides is 2. The van der Waals surface area contributed by atoms with Crippen LogP contribution in [0.25, 0.3) is 5.70 Å². The van der Waals surface area contributed by atoms with E-state index in [4.69, 9.17) is 15.6 Å². The molecule has 2 saturated heterocycles. The van der Waals surface area contributed by atoms with Crippen molar-refractivity contribution < 1.29 is 9.53 Å². The molecule has 188 valence electrons. The number of piperazine rings is 1. The van der Waals surface area contributed by atoms with Crippen molar-refractivity contribution in [3.8, 4) is 5.75 Å². The van der Waals surface area contributed by atoms with E-state index in [1.807, 2.05) is 22.5 Å². The fourth-order valence-electron chi connectivity index (χ4n) is 4.95. The number of methoxy groups -OCH3 is 1. The lowest BCUT2D eigenvalue weighted by Gasteiger charge is -2.36. The summed E-state index contributed by atoms with van der Waals surface area (Å²) in [5.41, 5.74) is 2.57. The maximum Gasteiger partial charge on any atom is 0.341 e. The summed E-state index contributed by atoms with van der Waals surface area (Å²) >= 11 is 1.49. The minimum absolute atomic E-state index is 0.0937. The van der Waals surface area contributed by atoms with Gasteiger partial charge in [0.25, 0.3) is 0 Å².